The van der Waals surface area contributed by atoms with Crippen LogP contribution in [0.2, 0.25) is 5.02 Å². The Balaban J connectivity index is 1.22. The van der Waals surface area contributed by atoms with E-state index in [4.69, 9.17) is 16.1 Å². The van der Waals surface area contributed by atoms with Crippen LogP contribution in [0, 0.1) is 0 Å². The molecule has 1 N–H and O–H groups in total. The molecule has 2 saturated heterocycles. The van der Waals surface area contributed by atoms with E-state index in [1.165, 1.54) is 0 Å². The Bertz CT molecular complexity index is 1060. The zero-order valence-corrected chi connectivity index (χ0v) is 21.4. The molecular formula is C25H34ClFN6O2. The monoisotopic (exact) mass is 504 g/mol. The van der Waals surface area contributed by atoms with E-state index in [9.17, 15) is 9.18 Å². The van der Waals surface area contributed by atoms with Crippen molar-refractivity contribution in [1.29, 1.82) is 0 Å². The van der Waals surface area contributed by atoms with Gasteiger partial charge in [-0.2, -0.15) is 4.98 Å². The van der Waals surface area contributed by atoms with Crippen molar-refractivity contribution in [2.45, 2.75) is 63.6 Å². The van der Waals surface area contributed by atoms with Gasteiger partial charge >= 0.3 is 6.03 Å². The van der Waals surface area contributed by atoms with E-state index in [1.54, 1.807) is 0 Å². The van der Waals surface area contributed by atoms with Crippen LogP contribution in [0.1, 0.15) is 57.7 Å². The molecule has 0 radical (unpaired) electrons. The van der Waals surface area contributed by atoms with Crippen LogP contribution in [0.25, 0.3) is 0 Å². The number of anilines is 2. The van der Waals surface area contributed by atoms with E-state index < -0.39 is 6.17 Å². The van der Waals surface area contributed by atoms with E-state index in [-0.39, 0.29) is 17.4 Å². The maximum absolute atomic E-state index is 13.4. The normalized spacial score (nSPS) is 24.6. The number of rotatable bonds is 5. The number of hydrogen-bond acceptors (Lipinski definition) is 6. The number of amides is 2. The van der Waals surface area contributed by atoms with Crippen LogP contribution in [0.3, 0.4) is 0 Å². The first kappa shape index (κ1) is 24.3. The maximum atomic E-state index is 13.4. The Morgan fingerprint density at radius 1 is 1.20 bits per heavy atom. The van der Waals surface area contributed by atoms with Crippen LogP contribution in [0.5, 0.6) is 0 Å². The molecule has 10 heteroatoms. The zero-order chi connectivity index (χ0) is 24.7. The van der Waals surface area contributed by atoms with Crippen molar-refractivity contribution in [1.82, 2.24) is 19.9 Å². The topological polar surface area (TPSA) is 77.7 Å². The van der Waals surface area contributed by atoms with Crippen molar-refractivity contribution in [3.05, 3.63) is 34.9 Å². The third kappa shape index (κ3) is 4.98. The molecule has 0 spiro atoms. The minimum Gasteiger partial charge on any atom is -0.367 e. The molecule has 0 unspecified atom stereocenters. The molecule has 8 nitrogen and oxygen atoms in total. The highest BCUT2D eigenvalue weighted by atomic mass is 35.5. The van der Waals surface area contributed by atoms with Crippen LogP contribution < -0.4 is 10.2 Å². The molecule has 2 aromatic rings. The lowest BCUT2D eigenvalue weighted by atomic mass is 9.80. The van der Waals surface area contributed by atoms with Gasteiger partial charge in [-0.15, -0.1) is 0 Å². The number of piperidine rings is 1. The van der Waals surface area contributed by atoms with E-state index >= 15 is 0 Å². The number of likely N-dealkylation sites (tertiary alicyclic amines) is 1. The van der Waals surface area contributed by atoms with Gasteiger partial charge in [0, 0.05) is 50.7 Å². The number of benzene rings is 1. The molecule has 3 fully saturated rings. The summed E-state index contributed by atoms with van der Waals surface area (Å²) in [5.74, 6) is 0.763. The fourth-order valence-electron chi connectivity index (χ4n) is 5.04. The number of halogens is 2. The summed E-state index contributed by atoms with van der Waals surface area (Å²) < 4.78 is 18.7. The third-order valence-corrected chi connectivity index (χ3v) is 8.09. The predicted octanol–water partition coefficient (Wildman–Crippen LogP) is 4.66. The van der Waals surface area contributed by atoms with Gasteiger partial charge in [-0.05, 0) is 45.2 Å². The fraction of sp³-hybridized carbons (Fsp3) is 0.640. The number of nitrogens with one attached hydrogen (secondary N) is 1. The summed E-state index contributed by atoms with van der Waals surface area (Å²) >= 11 is 6.56. The van der Waals surface area contributed by atoms with Gasteiger partial charge in [0.15, 0.2) is 5.82 Å². The van der Waals surface area contributed by atoms with Gasteiger partial charge in [0.25, 0.3) is 0 Å². The minimum atomic E-state index is -0.865. The number of aromatic nitrogens is 2. The van der Waals surface area contributed by atoms with Gasteiger partial charge < -0.3 is 19.6 Å². The smallest absolute Gasteiger partial charge is 0.321 e. The molecule has 3 heterocycles. The molecule has 2 atom stereocenters. The molecule has 3 aliphatic rings. The number of alkyl halides is 1. The second kappa shape index (κ2) is 9.58. The van der Waals surface area contributed by atoms with Gasteiger partial charge in [0.1, 0.15) is 6.17 Å². The second-order valence-electron chi connectivity index (χ2n) is 10.5. The lowest BCUT2D eigenvalue weighted by Crippen LogP contribution is -2.49. The van der Waals surface area contributed by atoms with Gasteiger partial charge in [-0.3, -0.25) is 4.90 Å². The summed E-state index contributed by atoms with van der Waals surface area (Å²) in [5, 5.41) is 7.76. The lowest BCUT2D eigenvalue weighted by Gasteiger charge is -2.39. The van der Waals surface area contributed by atoms with Crippen LogP contribution >= 0.6 is 11.6 Å². The molecule has 0 bridgehead atoms. The predicted molar refractivity (Wildman–Crippen MR) is 134 cm³/mol. The number of hydrogen-bond donors (Lipinski definition) is 1. The largest absolute Gasteiger partial charge is 0.367 e. The summed E-state index contributed by atoms with van der Waals surface area (Å²) in [6.07, 6.45) is 1.00. The maximum Gasteiger partial charge on any atom is 0.321 e. The Morgan fingerprint density at radius 2 is 1.89 bits per heavy atom. The van der Waals surface area contributed by atoms with Crippen LogP contribution in [0.15, 0.2) is 22.7 Å². The molecule has 190 valence electrons. The Labute approximate surface area is 210 Å². The fourth-order valence-corrected chi connectivity index (χ4v) is 5.26. The molecule has 2 amide bonds. The molecule has 1 saturated carbocycles. The van der Waals surface area contributed by atoms with Crippen molar-refractivity contribution >= 4 is 29.0 Å². The van der Waals surface area contributed by atoms with Crippen molar-refractivity contribution in [3.8, 4) is 0 Å². The van der Waals surface area contributed by atoms with Crippen LogP contribution in [-0.2, 0) is 5.41 Å². The van der Waals surface area contributed by atoms with Gasteiger partial charge in [-0.1, -0.05) is 29.7 Å². The number of para-hydroxylation sites is 1. The van der Waals surface area contributed by atoms with Crippen molar-refractivity contribution in [2.75, 3.05) is 49.5 Å². The van der Waals surface area contributed by atoms with Crippen LogP contribution in [0.4, 0.5) is 20.6 Å². The first-order valence-electron chi connectivity index (χ1n) is 12.6. The van der Waals surface area contributed by atoms with E-state index in [0.717, 1.165) is 31.9 Å². The molecule has 2 aliphatic heterocycles. The van der Waals surface area contributed by atoms with E-state index in [2.05, 4.69) is 46.0 Å². The second-order valence-corrected chi connectivity index (χ2v) is 11.0. The van der Waals surface area contributed by atoms with Crippen molar-refractivity contribution in [2.24, 2.45) is 0 Å². The highest BCUT2D eigenvalue weighted by Crippen LogP contribution is 2.44. The third-order valence-electron chi connectivity index (χ3n) is 7.77. The number of carbonyl (C=O) groups excluding carboxylic acids is 1. The van der Waals surface area contributed by atoms with Gasteiger partial charge in [0.2, 0.25) is 5.89 Å². The number of urea groups is 1. The standard InChI is InChI=1S/C25H34ClFN6O2/c1-16(2)31-11-13-32(14-12-31)20-6-4-5-18(26)21(20)28-24(34)33-9-7-25(3,8-10-33)23-29-22(35-30-23)17-15-19(17)27/h4-6,16-17,19H,7-15H2,1-3H3,(H,28,34)/t17-,19+/m1/s1. The molecule has 1 aromatic carbocycles. The Morgan fingerprint density at radius 3 is 2.51 bits per heavy atom. The molecule has 35 heavy (non-hydrogen) atoms. The molecule has 1 aliphatic carbocycles. The van der Waals surface area contributed by atoms with Gasteiger partial charge in [0.05, 0.1) is 22.3 Å². The molecule has 5 rings (SSSR count). The van der Waals surface area contributed by atoms with Crippen molar-refractivity contribution in [3.63, 3.8) is 0 Å². The summed E-state index contributed by atoms with van der Waals surface area (Å²) in [7, 11) is 0. The van der Waals surface area contributed by atoms with E-state index in [0.29, 0.717) is 60.8 Å². The first-order valence-corrected chi connectivity index (χ1v) is 12.9. The van der Waals surface area contributed by atoms with Gasteiger partial charge in [-0.25, -0.2) is 9.18 Å². The number of piperazine rings is 1. The lowest BCUT2D eigenvalue weighted by molar-refractivity contribution is 0.169. The average molecular weight is 505 g/mol. The van der Waals surface area contributed by atoms with Crippen LogP contribution in [-0.4, -0.2) is 77.5 Å². The quantitative estimate of drug-likeness (QED) is 0.638. The Kier molecular flexibility index (Phi) is 6.65. The number of carbonyl (C=O) groups is 1. The Hall–Kier alpha value is -2.39. The van der Waals surface area contributed by atoms with Crippen molar-refractivity contribution < 1.29 is 13.7 Å². The summed E-state index contributed by atoms with van der Waals surface area (Å²) in [4.78, 5) is 24.3. The minimum absolute atomic E-state index is 0.158. The zero-order valence-electron chi connectivity index (χ0n) is 20.6. The average Bonchev–Trinajstić information content (AvgIpc) is 3.36. The highest BCUT2D eigenvalue weighted by molar-refractivity contribution is 6.34. The summed E-state index contributed by atoms with van der Waals surface area (Å²) in [6.45, 7) is 11.4. The highest BCUT2D eigenvalue weighted by Gasteiger charge is 2.45. The summed E-state index contributed by atoms with van der Waals surface area (Å²) in [6, 6.07) is 6.13. The molecular weight excluding hydrogens is 471 g/mol. The number of nitrogens with zero attached hydrogens (tertiary/aromatic N) is 5. The SMILES string of the molecule is CC(C)N1CCN(c2cccc(Cl)c2NC(=O)N2CCC(C)(c3noc([C@@H]4C[C@@H]4F)n3)CC2)CC1. The first-order chi connectivity index (χ1) is 16.7. The summed E-state index contributed by atoms with van der Waals surface area (Å²) in [5.41, 5.74) is 1.32. The molecule has 1 aromatic heterocycles. The van der Waals surface area contributed by atoms with E-state index in [1.807, 2.05) is 23.1 Å².